The van der Waals surface area contributed by atoms with Crippen LogP contribution in [0.1, 0.15) is 74.0 Å². The van der Waals surface area contributed by atoms with Crippen LogP contribution in [-0.2, 0) is 25.7 Å². The third-order valence-electron chi connectivity index (χ3n) is 13.2. The number of amides is 2. The van der Waals surface area contributed by atoms with Crippen LogP contribution in [0, 0.1) is 28.4 Å². The second kappa shape index (κ2) is 20.1. The molecule has 2 fully saturated rings. The molecule has 8 rings (SSSR count). The minimum atomic E-state index is -4.68. The number of nitro benzene ring substituents is 1. The standard InChI is InChI=1S/C50H57F3N8O8S/c1-31(2)48(63)60-20-21-68-38(30-60)28-55-43-11-8-39(25-44(43)61(64)65)70(66,67)57-47(62)41-10-7-36(24-45(41)69-37-23-33-13-15-54-46(33)56-27-37)59-18-16-58(17-19-59)29-34-12-14-49(4,5)26-42(34)40-9-6-35(22-32(40)3)50(51,52)53/h6-11,13,15,22-25,27,31,38,55H,12,14,16-21,26,28-30H2,1-5H3,(H,54,56)(H,57,62)/t38-/m0/s1. The number of rotatable bonds is 14. The number of sulfonamides is 1. The lowest BCUT2D eigenvalue weighted by Crippen LogP contribution is -2.49. The number of alkyl halides is 3. The molecule has 16 nitrogen and oxygen atoms in total. The average Bonchev–Trinajstić information content (AvgIpc) is 3.79. The second-order valence-electron chi connectivity index (χ2n) is 19.3. The number of nitrogens with zero attached hydrogens (tertiary/aromatic N) is 5. The van der Waals surface area contributed by atoms with Crippen LogP contribution in [0.15, 0.2) is 89.6 Å². The highest BCUT2D eigenvalue weighted by Gasteiger charge is 2.34. The summed E-state index contributed by atoms with van der Waals surface area (Å²) in [5.74, 6) is -0.946. The predicted molar refractivity (Wildman–Crippen MR) is 259 cm³/mol. The van der Waals surface area contributed by atoms with Gasteiger partial charge in [-0.25, -0.2) is 18.1 Å². The van der Waals surface area contributed by atoms with E-state index in [-0.39, 0.29) is 53.1 Å². The maximum Gasteiger partial charge on any atom is 0.416 e. The summed E-state index contributed by atoms with van der Waals surface area (Å²) >= 11 is 0. The van der Waals surface area contributed by atoms with E-state index >= 15 is 0 Å². The highest BCUT2D eigenvalue weighted by Crippen LogP contribution is 2.45. The van der Waals surface area contributed by atoms with Gasteiger partial charge in [-0.05, 0) is 96.8 Å². The Bertz CT molecular complexity index is 2950. The zero-order valence-electron chi connectivity index (χ0n) is 39.7. The molecule has 2 aromatic heterocycles. The van der Waals surface area contributed by atoms with Gasteiger partial charge in [0.25, 0.3) is 21.6 Å². The Kier molecular flexibility index (Phi) is 14.3. The van der Waals surface area contributed by atoms with Gasteiger partial charge < -0.3 is 29.6 Å². The maximum absolute atomic E-state index is 14.0. The van der Waals surface area contributed by atoms with Crippen LogP contribution >= 0.6 is 0 Å². The zero-order valence-corrected chi connectivity index (χ0v) is 40.5. The SMILES string of the molecule is Cc1cc(C(F)(F)F)ccc1C1=C(CN2CCN(c3ccc(C(=O)NS(=O)(=O)c4ccc(NC[C@H]5CN(C(=O)C(C)C)CCO5)c([N+](=O)[O-])c4)c(Oc4cnc5[nH]ccc5c4)c3)CC2)CCC(C)(C)C1. The third kappa shape index (κ3) is 11.4. The van der Waals surface area contributed by atoms with Crippen LogP contribution in [-0.4, -0.2) is 110 Å². The second-order valence-corrected chi connectivity index (χ2v) is 20.9. The number of anilines is 2. The number of fused-ring (bicyclic) bond motifs is 1. The van der Waals surface area contributed by atoms with Crippen LogP contribution in [0.5, 0.6) is 11.5 Å². The Morgan fingerprint density at radius 3 is 2.51 bits per heavy atom. The summed E-state index contributed by atoms with van der Waals surface area (Å²) in [6.45, 7) is 14.1. The smallest absolute Gasteiger partial charge is 0.416 e. The first-order valence-electron chi connectivity index (χ1n) is 23.3. The number of carbonyl (C=O) groups excluding carboxylic acids is 2. The summed E-state index contributed by atoms with van der Waals surface area (Å²) in [5, 5.41) is 15.9. The van der Waals surface area contributed by atoms with Crippen molar-refractivity contribution < 1.29 is 45.6 Å². The number of allylic oxidation sites excluding steroid dienone is 1. The number of benzene rings is 3. The molecule has 1 atom stereocenters. The lowest BCUT2D eigenvalue weighted by molar-refractivity contribution is -0.384. The fourth-order valence-electron chi connectivity index (χ4n) is 9.33. The fraction of sp³-hybridized carbons (Fsp3) is 0.420. The van der Waals surface area contributed by atoms with Gasteiger partial charge in [0.05, 0.1) is 39.9 Å². The zero-order chi connectivity index (χ0) is 50.1. The monoisotopic (exact) mass is 986 g/mol. The van der Waals surface area contributed by atoms with E-state index in [1.807, 2.05) is 0 Å². The number of nitrogens with one attached hydrogen (secondary N) is 3. The summed E-state index contributed by atoms with van der Waals surface area (Å²) < 4.78 is 82.4. The molecule has 0 spiro atoms. The summed E-state index contributed by atoms with van der Waals surface area (Å²) in [6.07, 6.45) is 0.865. The number of piperazine rings is 1. The van der Waals surface area contributed by atoms with Crippen molar-refractivity contribution in [3.63, 3.8) is 0 Å². The molecule has 0 bridgehead atoms. The summed E-state index contributed by atoms with van der Waals surface area (Å²) in [7, 11) is -4.68. The summed E-state index contributed by atoms with van der Waals surface area (Å²) in [5.41, 5.74) is 3.81. The predicted octanol–water partition coefficient (Wildman–Crippen LogP) is 8.79. The molecule has 2 saturated heterocycles. The average molecular weight is 987 g/mol. The molecule has 372 valence electrons. The van der Waals surface area contributed by atoms with E-state index in [0.29, 0.717) is 62.8 Å². The highest BCUT2D eigenvalue weighted by atomic mass is 32.2. The number of morpholine rings is 1. The van der Waals surface area contributed by atoms with Crippen molar-refractivity contribution in [3.8, 4) is 11.5 Å². The highest BCUT2D eigenvalue weighted by molar-refractivity contribution is 7.90. The molecule has 4 heterocycles. The molecule has 0 unspecified atom stereocenters. The van der Waals surface area contributed by atoms with Crippen molar-refractivity contribution in [2.75, 3.05) is 69.2 Å². The Hall–Kier alpha value is -6.51. The number of nitro groups is 1. The van der Waals surface area contributed by atoms with Gasteiger partial charge in [-0.15, -0.1) is 0 Å². The normalized spacial score (nSPS) is 18.0. The van der Waals surface area contributed by atoms with E-state index in [1.54, 1.807) is 62.2 Å². The van der Waals surface area contributed by atoms with Gasteiger partial charge >= 0.3 is 6.18 Å². The first-order chi connectivity index (χ1) is 33.1. The molecule has 0 radical (unpaired) electrons. The van der Waals surface area contributed by atoms with Gasteiger partial charge in [-0.2, -0.15) is 13.2 Å². The van der Waals surface area contributed by atoms with Crippen molar-refractivity contribution in [1.82, 2.24) is 24.5 Å². The molecule has 2 amide bonds. The molecular weight excluding hydrogens is 930 g/mol. The van der Waals surface area contributed by atoms with E-state index in [1.165, 1.54) is 36.0 Å². The molecule has 3 aromatic carbocycles. The van der Waals surface area contributed by atoms with Gasteiger partial charge in [0, 0.05) is 87.7 Å². The molecule has 1 aliphatic carbocycles. The van der Waals surface area contributed by atoms with Crippen LogP contribution in [0.3, 0.4) is 0 Å². The summed E-state index contributed by atoms with van der Waals surface area (Å²) in [4.78, 5) is 51.1. The largest absolute Gasteiger partial charge is 0.455 e. The van der Waals surface area contributed by atoms with Gasteiger partial charge in [0.1, 0.15) is 22.8 Å². The van der Waals surface area contributed by atoms with E-state index in [9.17, 15) is 41.3 Å². The van der Waals surface area contributed by atoms with Crippen LogP contribution < -0.4 is 19.7 Å². The molecule has 0 saturated carbocycles. The van der Waals surface area contributed by atoms with Gasteiger partial charge in [0.15, 0.2) is 0 Å². The number of H-pyrrole nitrogens is 1. The molecule has 3 aliphatic rings. The number of carbonyl (C=O) groups is 2. The van der Waals surface area contributed by atoms with E-state index < -0.39 is 49.3 Å². The lowest BCUT2D eigenvalue weighted by Gasteiger charge is -2.39. The molecule has 5 aromatic rings. The number of halogens is 3. The van der Waals surface area contributed by atoms with E-state index in [0.717, 1.165) is 47.9 Å². The molecule has 3 N–H and O–H groups in total. The van der Waals surface area contributed by atoms with Crippen molar-refractivity contribution in [1.29, 1.82) is 0 Å². The van der Waals surface area contributed by atoms with Crippen molar-refractivity contribution in [3.05, 3.63) is 117 Å². The number of pyridine rings is 1. The number of aryl methyl sites for hydroxylation is 1. The summed E-state index contributed by atoms with van der Waals surface area (Å²) in [6, 6.07) is 15.6. The lowest BCUT2D eigenvalue weighted by atomic mass is 9.72. The number of aromatic amines is 1. The topological polar surface area (TPSA) is 192 Å². The number of aromatic nitrogens is 2. The van der Waals surface area contributed by atoms with Gasteiger partial charge in [-0.1, -0.05) is 39.3 Å². The minimum Gasteiger partial charge on any atom is -0.455 e. The quantitative estimate of drug-likeness (QED) is 0.0709. The van der Waals surface area contributed by atoms with Crippen LogP contribution in [0.25, 0.3) is 16.6 Å². The molecular formula is C50H57F3N8O8S. The maximum atomic E-state index is 14.0. The Morgan fingerprint density at radius 2 is 1.80 bits per heavy atom. The van der Waals surface area contributed by atoms with Crippen LogP contribution in [0.4, 0.5) is 30.2 Å². The molecule has 20 heteroatoms. The van der Waals surface area contributed by atoms with E-state index in [2.05, 4.69) is 43.7 Å². The van der Waals surface area contributed by atoms with Crippen molar-refractivity contribution >= 4 is 55.5 Å². The van der Waals surface area contributed by atoms with Crippen molar-refractivity contribution in [2.24, 2.45) is 11.3 Å². The van der Waals surface area contributed by atoms with Gasteiger partial charge in [-0.3, -0.25) is 24.6 Å². The number of hydrogen-bond acceptors (Lipinski definition) is 12. The Labute approximate surface area is 404 Å². The fourth-order valence-corrected chi connectivity index (χ4v) is 10.3. The third-order valence-corrected chi connectivity index (χ3v) is 14.5. The Morgan fingerprint density at radius 1 is 1.03 bits per heavy atom. The van der Waals surface area contributed by atoms with Crippen molar-refractivity contribution in [2.45, 2.75) is 71.1 Å². The Balaban J connectivity index is 0.990. The minimum absolute atomic E-state index is 0.000221. The number of ether oxygens (including phenoxy) is 2. The first kappa shape index (κ1) is 49.9. The number of hydrogen-bond donors (Lipinski definition) is 3. The van der Waals surface area contributed by atoms with Crippen LogP contribution in [0.2, 0.25) is 0 Å². The molecule has 70 heavy (non-hydrogen) atoms. The van der Waals surface area contributed by atoms with E-state index in [4.69, 9.17) is 9.47 Å². The van der Waals surface area contributed by atoms with Gasteiger partial charge in [0.2, 0.25) is 5.91 Å². The first-order valence-corrected chi connectivity index (χ1v) is 24.7. The molecule has 2 aliphatic heterocycles.